The molecule has 0 fully saturated rings. The van der Waals surface area contributed by atoms with Crippen LogP contribution in [0.1, 0.15) is 28.9 Å². The lowest BCUT2D eigenvalue weighted by Gasteiger charge is -2.17. The van der Waals surface area contributed by atoms with Gasteiger partial charge in [-0.05, 0) is 30.7 Å². The van der Waals surface area contributed by atoms with Crippen molar-refractivity contribution in [2.75, 3.05) is 24.7 Å². The van der Waals surface area contributed by atoms with Gasteiger partial charge in [0.05, 0.1) is 17.4 Å². The van der Waals surface area contributed by atoms with Crippen LogP contribution in [0.4, 0.5) is 11.4 Å². The number of hydrogen-bond donors (Lipinski definition) is 2. The van der Waals surface area contributed by atoms with Gasteiger partial charge in [-0.15, -0.1) is 0 Å². The molecule has 0 unspecified atom stereocenters. The van der Waals surface area contributed by atoms with E-state index in [1.165, 1.54) is 0 Å². The van der Waals surface area contributed by atoms with Crippen LogP contribution in [-0.2, 0) is 0 Å². The van der Waals surface area contributed by atoms with Crippen molar-refractivity contribution in [3.8, 4) is 0 Å². The number of nitrogens with one attached hydrogen (secondary N) is 1. The highest BCUT2D eigenvalue weighted by atomic mass is 16.1. The predicted molar refractivity (Wildman–Crippen MR) is 87.5 cm³/mol. The van der Waals surface area contributed by atoms with Crippen molar-refractivity contribution in [2.24, 2.45) is 0 Å². The van der Waals surface area contributed by atoms with E-state index in [1.807, 2.05) is 62.3 Å². The fraction of sp³-hybridized carbons (Fsp3) is 0.235. The Kier molecular flexibility index (Phi) is 4.48. The molecule has 0 spiro atoms. The molecule has 2 aromatic carbocycles. The second kappa shape index (κ2) is 6.31. The Balaban J connectivity index is 2.12. The first kappa shape index (κ1) is 14.9. The van der Waals surface area contributed by atoms with Gasteiger partial charge in [-0.25, -0.2) is 0 Å². The monoisotopic (exact) mass is 283 g/mol. The second-order valence-electron chi connectivity index (χ2n) is 5.27. The van der Waals surface area contributed by atoms with Gasteiger partial charge in [0, 0.05) is 19.7 Å². The third-order valence-electron chi connectivity index (χ3n) is 3.42. The molecule has 0 bridgehead atoms. The van der Waals surface area contributed by atoms with Crippen molar-refractivity contribution >= 4 is 17.3 Å². The molecule has 0 aliphatic rings. The van der Waals surface area contributed by atoms with Gasteiger partial charge < -0.3 is 16.0 Å². The van der Waals surface area contributed by atoms with Crippen LogP contribution in [0.3, 0.4) is 0 Å². The first-order chi connectivity index (χ1) is 9.99. The van der Waals surface area contributed by atoms with Gasteiger partial charge in [-0.3, -0.25) is 4.79 Å². The molecule has 1 atom stereocenters. The van der Waals surface area contributed by atoms with Crippen LogP contribution in [0.2, 0.25) is 0 Å². The molecular weight excluding hydrogens is 262 g/mol. The van der Waals surface area contributed by atoms with Gasteiger partial charge in [-0.2, -0.15) is 0 Å². The Morgan fingerprint density at radius 3 is 2.38 bits per heavy atom. The summed E-state index contributed by atoms with van der Waals surface area (Å²) in [6.45, 7) is 1.96. The molecule has 2 rings (SSSR count). The molecule has 0 aliphatic carbocycles. The lowest BCUT2D eigenvalue weighted by molar-refractivity contribution is 0.0940. The third-order valence-corrected chi connectivity index (χ3v) is 3.42. The number of benzene rings is 2. The summed E-state index contributed by atoms with van der Waals surface area (Å²) in [6, 6.07) is 15.2. The van der Waals surface area contributed by atoms with Gasteiger partial charge in [0.2, 0.25) is 0 Å². The number of carbonyl (C=O) groups excluding carboxylic acids is 1. The van der Waals surface area contributed by atoms with Crippen molar-refractivity contribution in [3.63, 3.8) is 0 Å². The molecule has 110 valence electrons. The standard InChI is InChI=1S/C17H21N3O/c1-12(13-7-5-4-6-8-13)19-17(21)14-9-10-16(20(2)3)15(18)11-14/h4-12H,18H2,1-3H3,(H,19,21)/t12-/m1/s1. The fourth-order valence-electron chi connectivity index (χ4n) is 2.21. The fourth-order valence-corrected chi connectivity index (χ4v) is 2.21. The molecule has 0 saturated heterocycles. The van der Waals surface area contributed by atoms with E-state index in [2.05, 4.69) is 5.32 Å². The molecule has 0 heterocycles. The van der Waals surface area contributed by atoms with Gasteiger partial charge in [-0.1, -0.05) is 30.3 Å². The molecule has 4 heteroatoms. The smallest absolute Gasteiger partial charge is 0.251 e. The number of nitrogens with two attached hydrogens (primary N) is 1. The summed E-state index contributed by atoms with van der Waals surface area (Å²) in [5.41, 5.74) is 9.13. The maximum Gasteiger partial charge on any atom is 0.251 e. The SMILES string of the molecule is C[C@@H](NC(=O)c1ccc(N(C)C)c(N)c1)c1ccccc1. The van der Waals surface area contributed by atoms with E-state index in [0.29, 0.717) is 11.3 Å². The minimum atomic E-state index is -0.122. The highest BCUT2D eigenvalue weighted by Crippen LogP contribution is 2.22. The predicted octanol–water partition coefficient (Wildman–Crippen LogP) is 2.83. The Bertz CT molecular complexity index is 623. The van der Waals surface area contributed by atoms with Crippen molar-refractivity contribution < 1.29 is 4.79 Å². The van der Waals surface area contributed by atoms with Crippen LogP contribution in [-0.4, -0.2) is 20.0 Å². The average molecular weight is 283 g/mol. The van der Waals surface area contributed by atoms with Crippen LogP contribution in [0, 0.1) is 0 Å². The Hall–Kier alpha value is -2.49. The largest absolute Gasteiger partial charge is 0.397 e. The Morgan fingerprint density at radius 1 is 1.14 bits per heavy atom. The molecule has 4 nitrogen and oxygen atoms in total. The molecule has 21 heavy (non-hydrogen) atoms. The van der Waals surface area contributed by atoms with Gasteiger partial charge >= 0.3 is 0 Å². The zero-order valence-electron chi connectivity index (χ0n) is 12.6. The second-order valence-corrected chi connectivity index (χ2v) is 5.27. The summed E-state index contributed by atoms with van der Waals surface area (Å²) in [5, 5.41) is 2.98. The first-order valence-corrected chi connectivity index (χ1v) is 6.91. The summed E-state index contributed by atoms with van der Waals surface area (Å²) in [4.78, 5) is 14.2. The highest BCUT2D eigenvalue weighted by molar-refractivity contribution is 5.96. The van der Waals surface area contributed by atoms with Gasteiger partial charge in [0.1, 0.15) is 0 Å². The molecule has 0 radical (unpaired) electrons. The maximum absolute atomic E-state index is 12.3. The Morgan fingerprint density at radius 2 is 1.81 bits per heavy atom. The van der Waals surface area contributed by atoms with Crippen LogP contribution < -0.4 is 16.0 Å². The van der Waals surface area contributed by atoms with E-state index in [9.17, 15) is 4.79 Å². The Labute approximate surface area is 125 Å². The van der Waals surface area contributed by atoms with Crippen LogP contribution in [0.25, 0.3) is 0 Å². The van der Waals surface area contributed by atoms with Crippen molar-refractivity contribution in [1.29, 1.82) is 0 Å². The van der Waals surface area contributed by atoms with E-state index in [1.54, 1.807) is 12.1 Å². The third kappa shape index (κ3) is 3.54. The molecule has 0 aromatic heterocycles. The number of amides is 1. The first-order valence-electron chi connectivity index (χ1n) is 6.91. The van der Waals surface area contributed by atoms with Gasteiger partial charge in [0.25, 0.3) is 5.91 Å². The average Bonchev–Trinajstić information content (AvgIpc) is 2.47. The van der Waals surface area contributed by atoms with Crippen LogP contribution in [0.5, 0.6) is 0 Å². The summed E-state index contributed by atoms with van der Waals surface area (Å²) < 4.78 is 0. The molecule has 0 aliphatic heterocycles. The number of anilines is 2. The van der Waals surface area contributed by atoms with Crippen molar-refractivity contribution in [2.45, 2.75) is 13.0 Å². The number of nitrogens with zero attached hydrogens (tertiary/aromatic N) is 1. The van der Waals surface area contributed by atoms with E-state index in [-0.39, 0.29) is 11.9 Å². The number of rotatable bonds is 4. The zero-order valence-corrected chi connectivity index (χ0v) is 12.6. The van der Waals surface area contributed by atoms with Crippen molar-refractivity contribution in [3.05, 3.63) is 59.7 Å². The van der Waals surface area contributed by atoms with Crippen LogP contribution in [0.15, 0.2) is 48.5 Å². The number of hydrogen-bond acceptors (Lipinski definition) is 3. The molecule has 3 N–H and O–H groups in total. The van der Waals surface area contributed by atoms with E-state index in [4.69, 9.17) is 5.73 Å². The molecule has 0 saturated carbocycles. The number of nitrogen functional groups attached to an aromatic ring is 1. The summed E-state index contributed by atoms with van der Waals surface area (Å²) in [5.74, 6) is -0.122. The topological polar surface area (TPSA) is 58.4 Å². The molecule has 1 amide bonds. The summed E-state index contributed by atoms with van der Waals surface area (Å²) in [7, 11) is 3.84. The minimum Gasteiger partial charge on any atom is -0.397 e. The minimum absolute atomic E-state index is 0.0477. The quantitative estimate of drug-likeness (QED) is 0.848. The highest BCUT2D eigenvalue weighted by Gasteiger charge is 2.12. The van der Waals surface area contributed by atoms with E-state index < -0.39 is 0 Å². The number of carbonyl (C=O) groups is 1. The van der Waals surface area contributed by atoms with E-state index >= 15 is 0 Å². The lowest BCUT2D eigenvalue weighted by Crippen LogP contribution is -2.26. The van der Waals surface area contributed by atoms with Crippen LogP contribution >= 0.6 is 0 Å². The zero-order chi connectivity index (χ0) is 15.4. The van der Waals surface area contributed by atoms with E-state index in [0.717, 1.165) is 11.3 Å². The van der Waals surface area contributed by atoms with Gasteiger partial charge in [0.15, 0.2) is 0 Å². The lowest BCUT2D eigenvalue weighted by atomic mass is 10.1. The summed E-state index contributed by atoms with van der Waals surface area (Å²) >= 11 is 0. The normalized spacial score (nSPS) is 11.8. The molecule has 2 aromatic rings. The maximum atomic E-state index is 12.3. The summed E-state index contributed by atoms with van der Waals surface area (Å²) in [6.07, 6.45) is 0. The van der Waals surface area contributed by atoms with Crippen molar-refractivity contribution in [1.82, 2.24) is 5.32 Å². The molecular formula is C17H21N3O.